The molecule has 5 heteroatoms. The fourth-order valence-electron chi connectivity index (χ4n) is 1.43. The lowest BCUT2D eigenvalue weighted by Crippen LogP contribution is -2.49. The molecule has 0 amide bonds. The highest BCUT2D eigenvalue weighted by Gasteiger charge is 2.36. The van der Waals surface area contributed by atoms with Gasteiger partial charge in [0.15, 0.2) is 0 Å². The average Bonchev–Trinajstić information content (AvgIpc) is 2.28. The van der Waals surface area contributed by atoms with Crippen LogP contribution in [-0.4, -0.2) is 30.0 Å². The summed E-state index contributed by atoms with van der Waals surface area (Å²) in [4.78, 5) is 0. The van der Waals surface area contributed by atoms with Crippen LogP contribution in [0.4, 0.5) is 5.69 Å². The van der Waals surface area contributed by atoms with Crippen molar-refractivity contribution in [1.82, 2.24) is 0 Å². The number of nitrogens with two attached hydrogens (primary N) is 1. The molecule has 0 heterocycles. The van der Waals surface area contributed by atoms with Crippen molar-refractivity contribution in [1.29, 1.82) is 5.41 Å². The lowest BCUT2D eigenvalue weighted by atomic mass is 9.77. The Morgan fingerprint density at radius 2 is 1.89 bits per heavy atom. The Bertz CT molecular complexity index is 479. The van der Waals surface area contributed by atoms with E-state index in [1.165, 1.54) is 6.21 Å². The molecule has 0 aliphatic rings. The van der Waals surface area contributed by atoms with Crippen LogP contribution >= 0.6 is 0 Å². The minimum atomic E-state index is -0.984. The summed E-state index contributed by atoms with van der Waals surface area (Å²) in [5.41, 5.74) is 7.03. The highest BCUT2D eigenvalue weighted by molar-refractivity contribution is 6.50. The smallest absolute Gasteiger partial charge is 0.331 e. The highest BCUT2D eigenvalue weighted by atomic mass is 16.5. The first kappa shape index (κ1) is 15.7. The zero-order chi connectivity index (χ0) is 14.8. The second kappa shape index (κ2) is 5.35. The number of hydrogen-bond acceptors (Lipinski definition) is 4. The summed E-state index contributed by atoms with van der Waals surface area (Å²) in [6.07, 6.45) is 1.22. The van der Waals surface area contributed by atoms with Crippen LogP contribution in [0.5, 0.6) is 0 Å². The van der Waals surface area contributed by atoms with E-state index in [-0.39, 0.29) is 0 Å². The summed E-state index contributed by atoms with van der Waals surface area (Å²) in [6, 6.07) is 3.66. The number of aryl methyl sites for hydroxylation is 1. The van der Waals surface area contributed by atoms with Gasteiger partial charge in [0.25, 0.3) is 0 Å². The molecule has 1 rings (SSSR count). The van der Waals surface area contributed by atoms with Crippen molar-refractivity contribution in [2.75, 3.05) is 5.73 Å². The molecular weight excluding hydrogens is 239 g/mol. The third kappa shape index (κ3) is 3.36. The van der Waals surface area contributed by atoms with Gasteiger partial charge in [-0.1, -0.05) is 11.6 Å². The molecule has 0 spiro atoms. The summed E-state index contributed by atoms with van der Waals surface area (Å²) in [6.45, 7) is 8.96. The molecule has 103 valence electrons. The van der Waals surface area contributed by atoms with Crippen molar-refractivity contribution in [2.45, 2.75) is 45.8 Å². The normalized spacial score (nSPS) is 12.3. The fraction of sp³-hybridized carbons (Fsp3) is 0.500. The summed E-state index contributed by atoms with van der Waals surface area (Å²) in [5.74, 6) is 0. The monoisotopic (exact) mass is 261 g/mol. The predicted octanol–water partition coefficient (Wildman–Crippen LogP) is 1.39. The highest BCUT2D eigenvalue weighted by Crippen LogP contribution is 2.24. The second-order valence-electron chi connectivity index (χ2n) is 5.75. The van der Waals surface area contributed by atoms with Crippen molar-refractivity contribution in [2.24, 2.45) is 0 Å². The van der Waals surface area contributed by atoms with Crippen LogP contribution in [0.25, 0.3) is 0 Å². The summed E-state index contributed by atoms with van der Waals surface area (Å²) >= 11 is 0. The van der Waals surface area contributed by atoms with Crippen molar-refractivity contribution < 1.29 is 9.76 Å². The fourth-order valence-corrected chi connectivity index (χ4v) is 1.43. The first-order chi connectivity index (χ1) is 8.60. The Labute approximate surface area is 115 Å². The Balaban J connectivity index is 3.02. The van der Waals surface area contributed by atoms with E-state index in [1.54, 1.807) is 27.4 Å². The van der Waals surface area contributed by atoms with E-state index in [0.29, 0.717) is 11.3 Å². The molecule has 1 aromatic carbocycles. The number of rotatable bonds is 5. The molecule has 0 aromatic heterocycles. The van der Waals surface area contributed by atoms with Gasteiger partial charge in [-0.05, 0) is 46.1 Å². The first-order valence-electron chi connectivity index (χ1n) is 6.23. The van der Waals surface area contributed by atoms with Gasteiger partial charge in [0, 0.05) is 17.5 Å². The van der Waals surface area contributed by atoms with Gasteiger partial charge in [-0.3, -0.25) is 0 Å². The molecular formula is C14H22BN2O2. The van der Waals surface area contributed by atoms with Crippen molar-refractivity contribution in [3.05, 3.63) is 23.3 Å². The van der Waals surface area contributed by atoms with Crippen LogP contribution in [0.1, 0.15) is 38.8 Å². The largest absolute Gasteiger partial charge is 0.427 e. The summed E-state index contributed by atoms with van der Waals surface area (Å²) in [7, 11) is 1.57. The molecule has 1 aromatic rings. The minimum Gasteiger partial charge on any atom is -0.427 e. The van der Waals surface area contributed by atoms with Gasteiger partial charge >= 0.3 is 7.48 Å². The lowest BCUT2D eigenvalue weighted by Gasteiger charge is -2.37. The topological polar surface area (TPSA) is 79.3 Å². The van der Waals surface area contributed by atoms with Crippen LogP contribution in [0, 0.1) is 12.3 Å². The van der Waals surface area contributed by atoms with Gasteiger partial charge in [0.2, 0.25) is 0 Å². The maximum Gasteiger partial charge on any atom is 0.331 e. The Hall–Kier alpha value is -1.33. The van der Waals surface area contributed by atoms with Crippen LogP contribution < -0.4 is 11.2 Å². The van der Waals surface area contributed by atoms with E-state index in [2.05, 4.69) is 0 Å². The van der Waals surface area contributed by atoms with E-state index in [9.17, 15) is 5.11 Å². The van der Waals surface area contributed by atoms with Crippen LogP contribution in [0.15, 0.2) is 12.1 Å². The molecule has 0 aliphatic carbocycles. The van der Waals surface area contributed by atoms with Crippen molar-refractivity contribution >= 4 is 24.8 Å². The quantitative estimate of drug-likeness (QED) is 0.425. The number of nitrogen functional groups attached to an aromatic ring is 1. The van der Waals surface area contributed by atoms with Gasteiger partial charge in [0.05, 0.1) is 11.2 Å². The van der Waals surface area contributed by atoms with E-state index in [4.69, 9.17) is 15.8 Å². The van der Waals surface area contributed by atoms with Crippen molar-refractivity contribution in [3.63, 3.8) is 0 Å². The van der Waals surface area contributed by atoms with Gasteiger partial charge in [-0.25, -0.2) is 0 Å². The second-order valence-corrected chi connectivity index (χ2v) is 5.75. The molecule has 19 heavy (non-hydrogen) atoms. The van der Waals surface area contributed by atoms with Crippen LogP contribution in [0.2, 0.25) is 0 Å². The summed E-state index contributed by atoms with van der Waals surface area (Å²) < 4.78 is 5.72. The van der Waals surface area contributed by atoms with Crippen LogP contribution in [0.3, 0.4) is 0 Å². The van der Waals surface area contributed by atoms with Gasteiger partial charge in [-0.2, -0.15) is 0 Å². The molecule has 4 nitrogen and oxygen atoms in total. The molecule has 0 atom stereocenters. The van der Waals surface area contributed by atoms with E-state index >= 15 is 0 Å². The first-order valence-corrected chi connectivity index (χ1v) is 6.23. The maximum atomic E-state index is 10.1. The van der Waals surface area contributed by atoms with E-state index < -0.39 is 11.2 Å². The number of aliphatic hydroxyl groups is 1. The van der Waals surface area contributed by atoms with Gasteiger partial charge < -0.3 is 20.9 Å². The zero-order valence-electron chi connectivity index (χ0n) is 12.2. The van der Waals surface area contributed by atoms with E-state index in [0.717, 1.165) is 11.0 Å². The maximum absolute atomic E-state index is 10.1. The molecule has 4 N–H and O–H groups in total. The SMILES string of the molecule is Cc1ccc(N)c(C=N)c1[B]OC(C)(C)C(C)(C)O. The minimum absolute atomic E-state index is 0.538. The van der Waals surface area contributed by atoms with Crippen LogP contribution in [-0.2, 0) is 4.65 Å². The standard InChI is InChI=1S/C14H22BN2O2/c1-9-6-7-11(17)10(8-16)12(9)15-19-14(4,5)13(2,3)18/h6-8,16,18H,17H2,1-5H3. The molecule has 0 aliphatic heterocycles. The van der Waals surface area contributed by atoms with Gasteiger partial charge in [-0.15, -0.1) is 0 Å². The Morgan fingerprint density at radius 1 is 1.32 bits per heavy atom. The average molecular weight is 261 g/mol. The number of anilines is 1. The molecule has 0 unspecified atom stereocenters. The van der Waals surface area contributed by atoms with Crippen molar-refractivity contribution in [3.8, 4) is 0 Å². The predicted molar refractivity (Wildman–Crippen MR) is 80.3 cm³/mol. The third-order valence-electron chi connectivity index (χ3n) is 3.63. The number of hydrogen-bond donors (Lipinski definition) is 3. The number of nitrogens with one attached hydrogen (secondary N) is 1. The van der Waals surface area contributed by atoms with Gasteiger partial charge in [0.1, 0.15) is 0 Å². The zero-order valence-corrected chi connectivity index (χ0v) is 12.2. The summed E-state index contributed by atoms with van der Waals surface area (Å²) in [5, 5.41) is 17.5. The lowest BCUT2D eigenvalue weighted by molar-refractivity contribution is -0.0893. The van der Waals surface area contributed by atoms with E-state index in [1.807, 2.05) is 26.8 Å². The molecule has 0 fully saturated rings. The molecule has 0 saturated carbocycles. The molecule has 0 bridgehead atoms. The Kier molecular flexibility index (Phi) is 4.43. The Morgan fingerprint density at radius 3 is 2.37 bits per heavy atom. The number of benzene rings is 1. The molecule has 1 radical (unpaired) electrons. The molecule has 0 saturated heterocycles. The third-order valence-corrected chi connectivity index (χ3v) is 3.63.